The van der Waals surface area contributed by atoms with Crippen molar-refractivity contribution in [3.05, 3.63) is 84.9 Å². The maximum Gasteiger partial charge on any atom is 0.296 e. The Bertz CT molecular complexity index is 2080. The van der Waals surface area contributed by atoms with Gasteiger partial charge in [-0.2, -0.15) is 21.9 Å². The highest BCUT2D eigenvalue weighted by Crippen LogP contribution is 2.43. The minimum Gasteiger partial charge on any atom is -0.505 e. The van der Waals surface area contributed by atoms with Gasteiger partial charge in [-0.25, -0.2) is 0 Å². The van der Waals surface area contributed by atoms with E-state index in [-0.39, 0.29) is 21.4 Å². The third-order valence-corrected chi connectivity index (χ3v) is 7.61. The predicted molar refractivity (Wildman–Crippen MR) is 147 cm³/mol. The van der Waals surface area contributed by atoms with Crippen LogP contribution in [0.3, 0.4) is 0 Å². The van der Waals surface area contributed by atoms with E-state index in [9.17, 15) is 26.5 Å². The lowest BCUT2D eigenvalue weighted by Crippen LogP contribution is -1.99. The second-order valence-corrected chi connectivity index (χ2v) is 11.3. The van der Waals surface area contributed by atoms with Crippen LogP contribution < -0.4 is 5.73 Å². The molecule has 5 rings (SSSR count). The van der Waals surface area contributed by atoms with Crippen LogP contribution in [-0.2, 0) is 20.2 Å². The molecule has 0 aliphatic carbocycles. The Labute approximate surface area is 227 Å². The van der Waals surface area contributed by atoms with Crippen molar-refractivity contribution in [3.63, 3.8) is 0 Å². The molecule has 0 aliphatic heterocycles. The van der Waals surface area contributed by atoms with Gasteiger partial charge in [-0.05, 0) is 60.0 Å². The van der Waals surface area contributed by atoms with Crippen molar-refractivity contribution in [2.24, 2.45) is 20.5 Å². The summed E-state index contributed by atoms with van der Waals surface area (Å²) in [7, 11) is -9.13. The Morgan fingerprint density at radius 1 is 0.625 bits per heavy atom. The molecule has 0 saturated heterocycles. The maximum absolute atomic E-state index is 12.1. The summed E-state index contributed by atoms with van der Waals surface area (Å²) in [5.41, 5.74) is 8.46. The number of benzene rings is 5. The Morgan fingerprint density at radius 3 is 1.80 bits per heavy atom. The van der Waals surface area contributed by atoms with Crippen molar-refractivity contribution >= 4 is 70.2 Å². The Morgan fingerprint density at radius 2 is 1.23 bits per heavy atom. The van der Waals surface area contributed by atoms with Gasteiger partial charge in [-0.15, -0.1) is 15.3 Å². The van der Waals surface area contributed by atoms with Crippen LogP contribution in [0.4, 0.5) is 28.4 Å². The van der Waals surface area contributed by atoms with Crippen molar-refractivity contribution in [1.82, 2.24) is 5.73 Å². The van der Waals surface area contributed by atoms with Crippen LogP contribution >= 0.6 is 0 Å². The SMILES string of the molecule is [NH]c1ccc2cc(S(=O)(=O)O)c(/N=N/c3ccc(/N=N/c4ccc(S(=O)(=O)O)cc4)c4ccccc34)c(O)c2c1. The average Bonchev–Trinajstić information content (AvgIpc) is 2.91. The van der Waals surface area contributed by atoms with Gasteiger partial charge < -0.3 is 10.8 Å². The van der Waals surface area contributed by atoms with Crippen LogP contribution in [0.2, 0.25) is 0 Å². The third kappa shape index (κ3) is 5.37. The summed E-state index contributed by atoms with van der Waals surface area (Å²) in [6.07, 6.45) is 0. The first-order valence-electron chi connectivity index (χ1n) is 11.3. The molecule has 0 fully saturated rings. The van der Waals surface area contributed by atoms with Gasteiger partial charge in [0.1, 0.15) is 10.6 Å². The van der Waals surface area contributed by atoms with Crippen LogP contribution in [0.1, 0.15) is 0 Å². The molecule has 14 heteroatoms. The first-order valence-corrected chi connectivity index (χ1v) is 14.2. The zero-order valence-electron chi connectivity index (χ0n) is 20.2. The van der Waals surface area contributed by atoms with E-state index in [1.807, 2.05) is 0 Å². The molecule has 0 unspecified atom stereocenters. The van der Waals surface area contributed by atoms with Crippen molar-refractivity contribution in [2.45, 2.75) is 9.79 Å². The van der Waals surface area contributed by atoms with Crippen molar-refractivity contribution in [1.29, 1.82) is 0 Å². The van der Waals surface area contributed by atoms with E-state index < -0.39 is 36.6 Å². The highest BCUT2D eigenvalue weighted by atomic mass is 32.2. The first-order chi connectivity index (χ1) is 18.9. The van der Waals surface area contributed by atoms with E-state index in [2.05, 4.69) is 20.5 Å². The summed E-state index contributed by atoms with van der Waals surface area (Å²) in [5.74, 6) is -0.558. The van der Waals surface area contributed by atoms with Crippen LogP contribution in [-0.4, -0.2) is 31.0 Å². The lowest BCUT2D eigenvalue weighted by Gasteiger charge is -2.09. The molecule has 0 amide bonds. The van der Waals surface area contributed by atoms with Gasteiger partial charge in [0, 0.05) is 16.2 Å². The van der Waals surface area contributed by atoms with Crippen molar-refractivity contribution in [2.75, 3.05) is 0 Å². The number of fused-ring (bicyclic) bond motifs is 2. The number of phenolic OH excluding ortho intramolecular Hbond substituents is 1. The van der Waals surface area contributed by atoms with E-state index in [0.29, 0.717) is 27.8 Å². The van der Waals surface area contributed by atoms with Gasteiger partial charge in [0.2, 0.25) is 0 Å². The molecule has 0 heterocycles. The molecule has 0 saturated carbocycles. The van der Waals surface area contributed by atoms with E-state index in [4.69, 9.17) is 10.3 Å². The minimum absolute atomic E-state index is 0.0791. The lowest BCUT2D eigenvalue weighted by molar-refractivity contribution is 0.472. The molecule has 1 radical (unpaired) electrons. The topological polar surface area (TPSA) is 202 Å². The number of hydrogen-bond donors (Lipinski definition) is 3. The van der Waals surface area contributed by atoms with Crippen molar-refractivity contribution < 1.29 is 31.0 Å². The average molecular weight is 577 g/mol. The van der Waals surface area contributed by atoms with Gasteiger partial charge in [-0.3, -0.25) is 9.11 Å². The van der Waals surface area contributed by atoms with E-state index in [1.54, 1.807) is 36.4 Å². The highest BCUT2D eigenvalue weighted by Gasteiger charge is 2.22. The summed E-state index contributed by atoms with van der Waals surface area (Å²) in [5, 5.41) is 28.9. The summed E-state index contributed by atoms with van der Waals surface area (Å²) in [6.45, 7) is 0. The summed E-state index contributed by atoms with van der Waals surface area (Å²) in [4.78, 5) is -0.921. The molecule has 12 nitrogen and oxygen atoms in total. The van der Waals surface area contributed by atoms with Crippen LogP contribution in [0.15, 0.2) is 115 Å². The molecule has 0 bridgehead atoms. The molecule has 0 atom stereocenters. The number of aromatic hydroxyl groups is 1. The minimum atomic E-state index is -4.79. The standard InChI is InChI=1S/C26H18N5O7S2/c27-16-6-5-15-13-24(40(36,37)38)25(26(32)21(15)14-16)31-30-23-12-11-22(19-3-1-2-4-20(19)23)29-28-17-7-9-18(10-8-17)39(33,34)35/h1-14,27,32H,(H,33,34,35)(H,36,37,38)/b29-28+,31-30+. The Hall–Kier alpha value is -4.76. The maximum atomic E-state index is 12.1. The second kappa shape index (κ2) is 10.1. The fourth-order valence-electron chi connectivity index (χ4n) is 3.98. The summed E-state index contributed by atoms with van der Waals surface area (Å²) in [6, 6.07) is 20.6. The van der Waals surface area contributed by atoms with Crippen LogP contribution in [0, 0.1) is 0 Å². The second-order valence-electron chi connectivity index (χ2n) is 8.50. The zero-order chi connectivity index (χ0) is 28.7. The number of phenols is 1. The third-order valence-electron chi connectivity index (χ3n) is 5.87. The number of hydrogen-bond acceptors (Lipinski definition) is 9. The quantitative estimate of drug-likeness (QED) is 0.143. The van der Waals surface area contributed by atoms with E-state index in [1.165, 1.54) is 42.5 Å². The van der Waals surface area contributed by atoms with Crippen molar-refractivity contribution in [3.8, 4) is 5.75 Å². The molecule has 201 valence electrons. The van der Waals surface area contributed by atoms with Gasteiger partial charge in [-0.1, -0.05) is 30.3 Å². The summed E-state index contributed by atoms with van der Waals surface area (Å²) >= 11 is 0. The predicted octanol–water partition coefficient (Wildman–Crippen LogP) is 6.94. The number of nitrogens with zero attached hydrogens (tertiary/aromatic N) is 4. The van der Waals surface area contributed by atoms with Gasteiger partial charge in [0.05, 0.1) is 27.6 Å². The molecule has 0 aliphatic rings. The first kappa shape index (κ1) is 26.8. The Balaban J connectivity index is 1.56. The van der Waals surface area contributed by atoms with Gasteiger partial charge >= 0.3 is 0 Å². The van der Waals surface area contributed by atoms with E-state index >= 15 is 0 Å². The van der Waals surface area contributed by atoms with E-state index in [0.717, 1.165) is 6.07 Å². The lowest BCUT2D eigenvalue weighted by atomic mass is 10.1. The van der Waals surface area contributed by atoms with Crippen LogP contribution in [0.25, 0.3) is 21.5 Å². The largest absolute Gasteiger partial charge is 0.505 e. The molecular formula is C26H18N5O7S2. The number of rotatable bonds is 6. The molecule has 40 heavy (non-hydrogen) atoms. The molecule has 0 aromatic heterocycles. The fourth-order valence-corrected chi connectivity index (χ4v) is 5.11. The fraction of sp³-hybridized carbons (Fsp3) is 0. The monoisotopic (exact) mass is 576 g/mol. The molecule has 5 aromatic carbocycles. The number of azo groups is 2. The summed E-state index contributed by atoms with van der Waals surface area (Å²) < 4.78 is 65.5. The van der Waals surface area contributed by atoms with Gasteiger partial charge in [0.25, 0.3) is 20.2 Å². The smallest absolute Gasteiger partial charge is 0.296 e. The Kier molecular flexibility index (Phi) is 6.77. The zero-order valence-corrected chi connectivity index (χ0v) is 21.8. The van der Waals surface area contributed by atoms with Gasteiger partial charge in [0.15, 0.2) is 5.75 Å². The molecule has 0 spiro atoms. The van der Waals surface area contributed by atoms with Crippen LogP contribution in [0.5, 0.6) is 5.75 Å². The number of nitrogens with one attached hydrogen (secondary N) is 1. The molecule has 5 aromatic rings. The molecular weight excluding hydrogens is 558 g/mol. The highest BCUT2D eigenvalue weighted by molar-refractivity contribution is 7.86. The molecule has 4 N–H and O–H groups in total. The normalized spacial score (nSPS) is 12.7.